The van der Waals surface area contributed by atoms with Gasteiger partial charge in [-0.1, -0.05) is 153 Å². The third-order valence-electron chi connectivity index (χ3n) is 11.7. The molecule has 63 heavy (non-hydrogen) atoms. The molecule has 14 nitrogen and oxygen atoms in total. The molecule has 2 heterocycles. The Labute approximate surface area is 379 Å². The Bertz CT molecular complexity index is 1180. The Hall–Kier alpha value is -1.79. The predicted molar refractivity (Wildman–Crippen MR) is 243 cm³/mol. The number of allylic oxidation sites excluding steroid dienone is 6. The monoisotopic (exact) mass is 901 g/mol. The van der Waals surface area contributed by atoms with E-state index in [1.807, 2.05) is 0 Å². The number of ether oxygens (including phenoxy) is 6. The predicted octanol–water partition coefficient (Wildman–Crippen LogP) is 6.63. The lowest BCUT2D eigenvalue weighted by Crippen LogP contribution is -2.61. The number of aliphatic hydroxyl groups excluding tert-OH is 7. The zero-order chi connectivity index (χ0) is 45.9. The third kappa shape index (κ3) is 25.6. The summed E-state index contributed by atoms with van der Waals surface area (Å²) in [5.74, 6) is -0.392. The van der Waals surface area contributed by atoms with Crippen LogP contribution in [0.1, 0.15) is 168 Å². The summed E-state index contributed by atoms with van der Waals surface area (Å²) in [6, 6.07) is 0. The van der Waals surface area contributed by atoms with Crippen LogP contribution in [0, 0.1) is 0 Å². The summed E-state index contributed by atoms with van der Waals surface area (Å²) in [5, 5.41) is 72.0. The van der Waals surface area contributed by atoms with Crippen LogP contribution in [0.5, 0.6) is 0 Å². The fourth-order valence-electron chi connectivity index (χ4n) is 7.65. The van der Waals surface area contributed by atoms with Gasteiger partial charge in [0.2, 0.25) is 0 Å². The maximum Gasteiger partial charge on any atom is 0.306 e. The number of aliphatic hydroxyl groups is 7. The SMILES string of the molecule is CC/C=C\C/C=C\C/C=C\CCCCCCCC(=O)OC(COCCCCCCCCCCCCCCCC)COC1OC(COC2OC(CO)C(O)C(O)C2O)C(O)C(O)C1O. The summed E-state index contributed by atoms with van der Waals surface area (Å²) in [5.41, 5.74) is 0. The highest BCUT2D eigenvalue weighted by Crippen LogP contribution is 2.26. The number of hydrogen-bond donors (Lipinski definition) is 7. The highest BCUT2D eigenvalue weighted by atomic mass is 16.7. The lowest BCUT2D eigenvalue weighted by molar-refractivity contribution is -0.332. The maximum atomic E-state index is 13.0. The summed E-state index contributed by atoms with van der Waals surface area (Å²) in [7, 11) is 0. The fourth-order valence-corrected chi connectivity index (χ4v) is 7.65. The Morgan fingerprint density at radius 3 is 1.62 bits per heavy atom. The van der Waals surface area contributed by atoms with Crippen LogP contribution in [0.15, 0.2) is 36.5 Å². The highest BCUT2D eigenvalue weighted by molar-refractivity contribution is 5.69. The van der Waals surface area contributed by atoms with Crippen molar-refractivity contribution in [3.05, 3.63) is 36.5 Å². The second kappa shape index (κ2) is 37.3. The molecule has 0 saturated carbocycles. The molecule has 0 aliphatic carbocycles. The number of esters is 1. The van der Waals surface area contributed by atoms with E-state index >= 15 is 0 Å². The van der Waals surface area contributed by atoms with Gasteiger partial charge in [-0.3, -0.25) is 4.79 Å². The topological polar surface area (TPSA) is 214 Å². The van der Waals surface area contributed by atoms with Gasteiger partial charge in [-0.05, 0) is 44.9 Å². The van der Waals surface area contributed by atoms with E-state index < -0.39 is 86.7 Å². The van der Waals surface area contributed by atoms with Gasteiger partial charge in [0.25, 0.3) is 0 Å². The van der Waals surface area contributed by atoms with Gasteiger partial charge in [-0.2, -0.15) is 0 Å². The van der Waals surface area contributed by atoms with E-state index in [0.29, 0.717) is 13.0 Å². The Morgan fingerprint density at radius 1 is 0.540 bits per heavy atom. The van der Waals surface area contributed by atoms with Gasteiger partial charge in [0.1, 0.15) is 54.9 Å². The van der Waals surface area contributed by atoms with Crippen molar-refractivity contribution in [2.24, 2.45) is 0 Å². The number of unbranched alkanes of at least 4 members (excludes halogenated alkanes) is 18. The van der Waals surface area contributed by atoms with Crippen LogP contribution in [0.3, 0.4) is 0 Å². The van der Waals surface area contributed by atoms with Gasteiger partial charge in [-0.15, -0.1) is 0 Å². The molecule has 0 aromatic rings. The molecular formula is C49H88O14. The van der Waals surface area contributed by atoms with Crippen molar-refractivity contribution in [2.45, 2.75) is 235 Å². The number of hydrogen-bond acceptors (Lipinski definition) is 14. The van der Waals surface area contributed by atoms with Crippen LogP contribution in [-0.2, 0) is 33.2 Å². The Kier molecular flexibility index (Phi) is 34.0. The van der Waals surface area contributed by atoms with Crippen molar-refractivity contribution < 1.29 is 69.0 Å². The largest absolute Gasteiger partial charge is 0.457 e. The normalized spacial score (nSPS) is 27.3. The Morgan fingerprint density at radius 2 is 1.03 bits per heavy atom. The van der Waals surface area contributed by atoms with Gasteiger partial charge in [0.15, 0.2) is 12.6 Å². The zero-order valence-electron chi connectivity index (χ0n) is 38.8. The van der Waals surface area contributed by atoms with Crippen molar-refractivity contribution in [1.82, 2.24) is 0 Å². The van der Waals surface area contributed by atoms with Gasteiger partial charge in [0, 0.05) is 13.0 Å². The third-order valence-corrected chi connectivity index (χ3v) is 11.7. The van der Waals surface area contributed by atoms with Crippen molar-refractivity contribution in [3.8, 4) is 0 Å². The average molecular weight is 901 g/mol. The van der Waals surface area contributed by atoms with E-state index in [4.69, 9.17) is 28.4 Å². The van der Waals surface area contributed by atoms with Crippen LogP contribution < -0.4 is 0 Å². The molecule has 0 bridgehead atoms. The molecule has 2 rings (SSSR count). The van der Waals surface area contributed by atoms with E-state index in [1.165, 1.54) is 70.6 Å². The molecule has 11 atom stereocenters. The quantitative estimate of drug-likeness (QED) is 0.0197. The molecule has 368 valence electrons. The average Bonchev–Trinajstić information content (AvgIpc) is 3.28. The fraction of sp³-hybridized carbons (Fsp3) is 0.857. The van der Waals surface area contributed by atoms with Gasteiger partial charge < -0.3 is 64.2 Å². The summed E-state index contributed by atoms with van der Waals surface area (Å²) in [6.45, 7) is 3.55. The second-order valence-corrected chi connectivity index (χ2v) is 17.3. The molecule has 2 aliphatic rings. The molecule has 0 spiro atoms. The molecule has 2 aliphatic heterocycles. The second-order valence-electron chi connectivity index (χ2n) is 17.3. The van der Waals surface area contributed by atoms with Crippen molar-refractivity contribution in [3.63, 3.8) is 0 Å². The van der Waals surface area contributed by atoms with E-state index in [0.717, 1.165) is 70.6 Å². The number of rotatable bonds is 38. The molecule has 11 unspecified atom stereocenters. The molecular weight excluding hydrogens is 813 g/mol. The van der Waals surface area contributed by atoms with Crippen LogP contribution in [-0.4, -0.2) is 142 Å². The smallest absolute Gasteiger partial charge is 0.306 e. The zero-order valence-corrected chi connectivity index (χ0v) is 38.8. The van der Waals surface area contributed by atoms with Gasteiger partial charge >= 0.3 is 5.97 Å². The van der Waals surface area contributed by atoms with Gasteiger partial charge in [-0.25, -0.2) is 0 Å². The number of carbonyl (C=O) groups excluding carboxylic acids is 1. The van der Waals surface area contributed by atoms with Crippen LogP contribution in [0.4, 0.5) is 0 Å². The van der Waals surface area contributed by atoms with Crippen LogP contribution in [0.25, 0.3) is 0 Å². The first kappa shape index (κ1) is 57.3. The molecule has 2 saturated heterocycles. The first-order chi connectivity index (χ1) is 30.6. The molecule has 0 aromatic carbocycles. The van der Waals surface area contributed by atoms with Crippen molar-refractivity contribution in [1.29, 1.82) is 0 Å². The molecule has 14 heteroatoms. The standard InChI is InChI=1S/C49H88O14/c1-3-5-7-9-11-13-15-17-19-20-22-24-26-28-30-32-41(51)61-38(35-58-33-31-29-27-25-23-21-18-16-14-12-10-8-6-4-2)36-59-48-47(57)45(55)43(53)40(63-48)37-60-49-46(56)44(54)42(52)39(34-50)62-49/h5,7,11,13,17,19,38-40,42-50,52-57H,3-4,6,8-10,12,14-16,18,20-37H2,1-2H3/b7-5-,13-11-,19-17-. The molecule has 0 aromatic heterocycles. The summed E-state index contributed by atoms with van der Waals surface area (Å²) >= 11 is 0. The van der Waals surface area contributed by atoms with Crippen LogP contribution >= 0.6 is 0 Å². The van der Waals surface area contributed by atoms with Gasteiger partial charge in [0.05, 0.1) is 26.4 Å². The highest BCUT2D eigenvalue weighted by Gasteiger charge is 2.47. The van der Waals surface area contributed by atoms with E-state index in [-0.39, 0.29) is 19.6 Å². The van der Waals surface area contributed by atoms with E-state index in [2.05, 4.69) is 50.3 Å². The minimum Gasteiger partial charge on any atom is -0.457 e. The molecule has 7 N–H and O–H groups in total. The Balaban J connectivity index is 1.80. The molecule has 0 radical (unpaired) electrons. The first-order valence-corrected chi connectivity index (χ1v) is 24.6. The molecule has 0 amide bonds. The number of carbonyl (C=O) groups is 1. The minimum atomic E-state index is -1.71. The summed E-state index contributed by atoms with van der Waals surface area (Å²) in [6.07, 6.45) is 23.5. The first-order valence-electron chi connectivity index (χ1n) is 24.6. The lowest BCUT2D eigenvalue weighted by Gasteiger charge is -2.42. The van der Waals surface area contributed by atoms with Crippen molar-refractivity contribution in [2.75, 3.05) is 33.0 Å². The molecule has 2 fully saturated rings. The lowest BCUT2D eigenvalue weighted by atomic mass is 9.98. The minimum absolute atomic E-state index is 0.0566. The van der Waals surface area contributed by atoms with Crippen molar-refractivity contribution >= 4 is 5.97 Å². The maximum absolute atomic E-state index is 13.0. The van der Waals surface area contributed by atoms with E-state index in [9.17, 15) is 40.5 Å². The summed E-state index contributed by atoms with van der Waals surface area (Å²) in [4.78, 5) is 13.0. The summed E-state index contributed by atoms with van der Waals surface area (Å²) < 4.78 is 34.2. The van der Waals surface area contributed by atoms with E-state index in [1.54, 1.807) is 0 Å². The van der Waals surface area contributed by atoms with Crippen LogP contribution in [0.2, 0.25) is 0 Å².